The molecule has 2 aliphatic rings. The van der Waals surface area contributed by atoms with Gasteiger partial charge in [-0.3, -0.25) is 0 Å². The molecular weight excluding hydrogens is 635 g/mol. The van der Waals surface area contributed by atoms with Crippen molar-refractivity contribution in [2.24, 2.45) is 0 Å². The van der Waals surface area contributed by atoms with Crippen LogP contribution in [0.15, 0.2) is 166 Å². The second-order valence-electron chi connectivity index (χ2n) is 14.8. The Morgan fingerprint density at radius 1 is 0.558 bits per heavy atom. The Labute approximate surface area is 301 Å². The molecule has 2 aromatic heterocycles. The minimum atomic E-state index is -0.0803. The van der Waals surface area contributed by atoms with Crippen molar-refractivity contribution in [3.8, 4) is 11.1 Å². The maximum Gasteiger partial charge on any atom is 0.143 e. The van der Waals surface area contributed by atoms with Gasteiger partial charge in [-0.05, 0) is 101 Å². The summed E-state index contributed by atoms with van der Waals surface area (Å²) in [5, 5.41) is 6.82. The first kappa shape index (κ1) is 29.4. The molecule has 7 aromatic carbocycles. The Kier molecular flexibility index (Phi) is 6.13. The first-order valence-corrected chi connectivity index (χ1v) is 18.2. The largest absolute Gasteiger partial charge is 0.456 e. The number of nitrogens with zero attached hydrogens (tertiary/aromatic N) is 1. The van der Waals surface area contributed by atoms with Crippen LogP contribution in [0.1, 0.15) is 37.8 Å². The maximum absolute atomic E-state index is 6.51. The molecule has 0 N–H and O–H groups in total. The van der Waals surface area contributed by atoms with E-state index in [1.807, 2.05) is 12.1 Å². The highest BCUT2D eigenvalue weighted by Gasteiger charge is 2.37. The van der Waals surface area contributed by atoms with E-state index in [1.165, 1.54) is 27.7 Å². The van der Waals surface area contributed by atoms with E-state index in [1.54, 1.807) is 0 Å². The topological polar surface area (TPSA) is 29.5 Å². The van der Waals surface area contributed by atoms with Gasteiger partial charge in [0.15, 0.2) is 0 Å². The summed E-state index contributed by atoms with van der Waals surface area (Å²) in [6.07, 6.45) is 6.89. The quantitative estimate of drug-likeness (QED) is 0.187. The molecule has 3 nitrogen and oxygen atoms in total. The fraction of sp³-hybridized carbons (Fsp3) is 0.102. The molecule has 0 aliphatic heterocycles. The molecule has 0 unspecified atom stereocenters. The molecule has 0 fully saturated rings. The van der Waals surface area contributed by atoms with E-state index in [-0.39, 0.29) is 5.41 Å². The van der Waals surface area contributed by atoms with E-state index in [0.717, 1.165) is 90.3 Å². The number of allylic oxidation sites excluding steroid dienone is 4. The number of hydrogen-bond acceptors (Lipinski definition) is 3. The predicted molar refractivity (Wildman–Crippen MR) is 217 cm³/mol. The Hall–Kier alpha value is -6.32. The fourth-order valence-electron chi connectivity index (χ4n) is 8.99. The zero-order valence-corrected chi connectivity index (χ0v) is 29.1. The van der Waals surface area contributed by atoms with E-state index in [4.69, 9.17) is 8.83 Å². The van der Waals surface area contributed by atoms with Crippen molar-refractivity contribution in [1.82, 2.24) is 0 Å². The standard InChI is InChI=1S/C49H35NO2/c1-49(2)42-16-8-5-14-36(42)37-24-21-32(28-43(37)49)50(33-22-25-39-38-15-7-10-18-45(38)51-47(39)29-33)44-17-9-6-12-34(44)31-20-26-46-41(27-31)40-23-19-30-11-3-4-13-35(30)48(40)52-46/h3-4,6-13,15-29H,5,14H2,1-2H3. The van der Waals surface area contributed by atoms with E-state index in [9.17, 15) is 0 Å². The first-order chi connectivity index (χ1) is 25.5. The number of hydrogen-bond donors (Lipinski definition) is 0. The van der Waals surface area contributed by atoms with E-state index in [0.29, 0.717) is 0 Å². The van der Waals surface area contributed by atoms with Crippen LogP contribution in [0.4, 0.5) is 17.1 Å². The van der Waals surface area contributed by atoms with Gasteiger partial charge in [-0.25, -0.2) is 0 Å². The molecule has 3 heteroatoms. The summed E-state index contributed by atoms with van der Waals surface area (Å²) in [4.78, 5) is 2.41. The van der Waals surface area contributed by atoms with Crippen molar-refractivity contribution < 1.29 is 8.83 Å². The first-order valence-electron chi connectivity index (χ1n) is 18.2. The van der Waals surface area contributed by atoms with Crippen LogP contribution in [0.2, 0.25) is 0 Å². The highest BCUT2D eigenvalue weighted by molar-refractivity contribution is 6.16. The summed E-state index contributed by atoms with van der Waals surface area (Å²) in [5.41, 5.74) is 14.8. The summed E-state index contributed by atoms with van der Waals surface area (Å²) in [7, 11) is 0. The Balaban J connectivity index is 1.13. The number of fused-ring (bicyclic) bond motifs is 10. The summed E-state index contributed by atoms with van der Waals surface area (Å²) < 4.78 is 13.0. The van der Waals surface area contributed by atoms with Crippen molar-refractivity contribution in [3.63, 3.8) is 0 Å². The van der Waals surface area contributed by atoms with Crippen molar-refractivity contribution in [2.75, 3.05) is 4.90 Å². The Morgan fingerprint density at radius 3 is 2.25 bits per heavy atom. The molecule has 0 atom stereocenters. The number of para-hydroxylation sites is 2. The van der Waals surface area contributed by atoms with Gasteiger partial charge in [0.2, 0.25) is 0 Å². The Morgan fingerprint density at radius 2 is 1.31 bits per heavy atom. The van der Waals surface area contributed by atoms with Crippen LogP contribution < -0.4 is 4.90 Å². The van der Waals surface area contributed by atoms with Gasteiger partial charge in [0.25, 0.3) is 0 Å². The lowest BCUT2D eigenvalue weighted by Crippen LogP contribution is -2.18. The number of rotatable bonds is 4. The number of benzene rings is 7. The molecule has 0 radical (unpaired) electrons. The van der Waals surface area contributed by atoms with Crippen LogP contribution >= 0.6 is 0 Å². The van der Waals surface area contributed by atoms with Gasteiger partial charge >= 0.3 is 0 Å². The van der Waals surface area contributed by atoms with Gasteiger partial charge in [-0.1, -0.05) is 105 Å². The molecule has 0 saturated heterocycles. The third-order valence-corrected chi connectivity index (χ3v) is 11.5. The smallest absolute Gasteiger partial charge is 0.143 e. The third kappa shape index (κ3) is 4.20. The second-order valence-corrected chi connectivity index (χ2v) is 14.8. The summed E-state index contributed by atoms with van der Waals surface area (Å²) in [5.74, 6) is 0. The van der Waals surface area contributed by atoms with Crippen LogP contribution in [0.25, 0.3) is 71.3 Å². The predicted octanol–water partition coefficient (Wildman–Crippen LogP) is 14.2. The average molecular weight is 670 g/mol. The lowest BCUT2D eigenvalue weighted by Gasteiger charge is -2.30. The molecule has 2 heterocycles. The molecular formula is C49H35NO2. The molecule has 0 bridgehead atoms. The average Bonchev–Trinajstić information content (AvgIpc) is 3.82. The van der Waals surface area contributed by atoms with Gasteiger partial charge in [-0.15, -0.1) is 0 Å². The molecule has 11 rings (SSSR count). The maximum atomic E-state index is 6.51. The zero-order valence-electron chi connectivity index (χ0n) is 29.1. The molecule has 0 saturated carbocycles. The molecule has 248 valence electrons. The minimum Gasteiger partial charge on any atom is -0.456 e. The molecule has 0 amide bonds. The van der Waals surface area contributed by atoms with Gasteiger partial charge in [0, 0.05) is 55.4 Å². The van der Waals surface area contributed by atoms with E-state index < -0.39 is 0 Å². The van der Waals surface area contributed by atoms with Gasteiger partial charge in [0.1, 0.15) is 22.3 Å². The Bertz CT molecular complexity index is 3000. The van der Waals surface area contributed by atoms with Crippen LogP contribution in [0.5, 0.6) is 0 Å². The van der Waals surface area contributed by atoms with Crippen LogP contribution in [-0.2, 0) is 5.41 Å². The van der Waals surface area contributed by atoms with E-state index >= 15 is 0 Å². The van der Waals surface area contributed by atoms with E-state index in [2.05, 4.69) is 158 Å². The van der Waals surface area contributed by atoms with Crippen molar-refractivity contribution in [1.29, 1.82) is 0 Å². The van der Waals surface area contributed by atoms with Crippen molar-refractivity contribution in [3.05, 3.63) is 168 Å². The molecule has 0 spiro atoms. The SMILES string of the molecule is CC1(C)C2=C(CCC=C2)c2ccc(N(c3ccc4c(c3)oc3ccccc34)c3ccccc3-c3ccc4oc5c6ccccc6ccc5c4c3)cc21. The molecule has 9 aromatic rings. The van der Waals surface area contributed by atoms with Gasteiger partial charge in [-0.2, -0.15) is 0 Å². The fourth-order valence-corrected chi connectivity index (χ4v) is 8.99. The normalized spacial score (nSPS) is 15.0. The second kappa shape index (κ2) is 10.8. The highest BCUT2D eigenvalue weighted by Crippen LogP contribution is 2.52. The molecule has 52 heavy (non-hydrogen) atoms. The van der Waals surface area contributed by atoms with Crippen molar-refractivity contribution >= 4 is 77.3 Å². The monoisotopic (exact) mass is 669 g/mol. The zero-order chi connectivity index (χ0) is 34.6. The lowest BCUT2D eigenvalue weighted by molar-refractivity contribution is 0.651. The lowest BCUT2D eigenvalue weighted by atomic mass is 9.80. The third-order valence-electron chi connectivity index (χ3n) is 11.5. The summed E-state index contributed by atoms with van der Waals surface area (Å²) in [6, 6.07) is 50.3. The highest BCUT2D eigenvalue weighted by atomic mass is 16.3. The van der Waals surface area contributed by atoms with Gasteiger partial charge in [0.05, 0.1) is 5.69 Å². The van der Waals surface area contributed by atoms with Crippen LogP contribution in [-0.4, -0.2) is 0 Å². The molecule has 2 aliphatic carbocycles. The number of furan rings is 2. The minimum absolute atomic E-state index is 0.0803. The van der Waals surface area contributed by atoms with Crippen LogP contribution in [0, 0.1) is 0 Å². The van der Waals surface area contributed by atoms with Gasteiger partial charge < -0.3 is 13.7 Å². The van der Waals surface area contributed by atoms with Crippen LogP contribution in [0.3, 0.4) is 0 Å². The number of anilines is 3. The summed E-state index contributed by atoms with van der Waals surface area (Å²) in [6.45, 7) is 4.75. The van der Waals surface area contributed by atoms with Crippen molar-refractivity contribution in [2.45, 2.75) is 32.1 Å². The summed E-state index contributed by atoms with van der Waals surface area (Å²) >= 11 is 0.